The Balaban J connectivity index is 1.68. The van der Waals surface area contributed by atoms with Crippen LogP contribution in [0.15, 0.2) is 48.6 Å². The van der Waals surface area contributed by atoms with Crippen molar-refractivity contribution < 1.29 is 26.7 Å². The predicted octanol–water partition coefficient (Wildman–Crippen LogP) is 8.06. The molecule has 0 N–H and O–H groups in total. The van der Waals surface area contributed by atoms with Crippen LogP contribution in [0.2, 0.25) is 0 Å². The molecule has 4 rings (SSSR count). The Morgan fingerprint density at radius 2 is 1.78 bits per heavy atom. The number of allylic oxidation sites excluding steroid dienone is 2. The highest BCUT2D eigenvalue weighted by Gasteiger charge is 2.43. The van der Waals surface area contributed by atoms with Gasteiger partial charge in [0.2, 0.25) is 0 Å². The lowest BCUT2D eigenvalue weighted by Crippen LogP contribution is -2.35. The minimum atomic E-state index is -4.73. The van der Waals surface area contributed by atoms with Crippen molar-refractivity contribution >= 4 is 0 Å². The van der Waals surface area contributed by atoms with E-state index in [1.165, 1.54) is 18.2 Å². The molecule has 172 valence electrons. The van der Waals surface area contributed by atoms with E-state index in [0.29, 0.717) is 12.0 Å². The first-order chi connectivity index (χ1) is 15.3. The molecule has 2 aliphatic rings. The van der Waals surface area contributed by atoms with Crippen molar-refractivity contribution in [3.63, 3.8) is 0 Å². The molecule has 1 nitrogen and oxygen atoms in total. The first-order valence-corrected chi connectivity index (χ1v) is 11.3. The van der Waals surface area contributed by atoms with Crippen LogP contribution >= 0.6 is 0 Å². The molecule has 0 heterocycles. The summed E-state index contributed by atoms with van der Waals surface area (Å²) in [6, 6.07) is 8.55. The van der Waals surface area contributed by atoms with Crippen LogP contribution in [0.1, 0.15) is 67.6 Å². The molecule has 6 heteroatoms. The summed E-state index contributed by atoms with van der Waals surface area (Å²) in [6.45, 7) is 2.11. The van der Waals surface area contributed by atoms with Crippen LogP contribution in [0.4, 0.5) is 22.0 Å². The third-order valence-electron chi connectivity index (χ3n) is 6.91. The molecule has 0 spiro atoms. The zero-order valence-corrected chi connectivity index (χ0v) is 18.0. The summed E-state index contributed by atoms with van der Waals surface area (Å²) in [4.78, 5) is 0. The number of hydrogen-bond donors (Lipinski definition) is 0. The van der Waals surface area contributed by atoms with Gasteiger partial charge in [-0.25, -0.2) is 8.78 Å². The van der Waals surface area contributed by atoms with Crippen molar-refractivity contribution in [3.8, 4) is 5.75 Å². The van der Waals surface area contributed by atoms with Gasteiger partial charge in [0.25, 0.3) is 0 Å². The molecule has 0 amide bonds. The standard InChI is InChI=1S/C26H27F5O/c1-2-3-4-5-16-8-11-20-22(13-12-21-23(20)14-18(27)15-24(21)28)25(16)17-6-9-19(10-7-17)32-26(29,30)31/h4-7,9-10,14-16,20,22,25H,2-3,8,11-13H2,1H3/b5-4+/t16-,20-,22+,25-/m1/s1. The maximum Gasteiger partial charge on any atom is 0.573 e. The van der Waals surface area contributed by atoms with Gasteiger partial charge in [-0.15, -0.1) is 13.2 Å². The molecule has 0 aliphatic heterocycles. The van der Waals surface area contributed by atoms with Crippen LogP contribution in [-0.4, -0.2) is 6.36 Å². The van der Waals surface area contributed by atoms with E-state index in [-0.39, 0.29) is 29.4 Å². The Morgan fingerprint density at radius 3 is 2.47 bits per heavy atom. The molecule has 2 aromatic carbocycles. The fraction of sp³-hybridized carbons (Fsp3) is 0.462. The molecule has 32 heavy (non-hydrogen) atoms. The Bertz CT molecular complexity index is 963. The van der Waals surface area contributed by atoms with Gasteiger partial charge in [-0.1, -0.05) is 37.6 Å². The molecule has 1 fully saturated rings. The maximum absolute atomic E-state index is 14.4. The number of ether oxygens (including phenoxy) is 1. The summed E-state index contributed by atoms with van der Waals surface area (Å²) in [5, 5.41) is 0. The van der Waals surface area contributed by atoms with E-state index in [4.69, 9.17) is 0 Å². The van der Waals surface area contributed by atoms with Crippen molar-refractivity contribution in [2.24, 2.45) is 11.8 Å². The molecule has 0 bridgehead atoms. The number of halogens is 5. The van der Waals surface area contributed by atoms with Crippen LogP contribution in [0, 0.1) is 23.5 Å². The Hall–Kier alpha value is -2.37. The van der Waals surface area contributed by atoms with Gasteiger partial charge in [-0.05, 0) is 90.7 Å². The Labute approximate surface area is 185 Å². The third-order valence-corrected chi connectivity index (χ3v) is 6.91. The fourth-order valence-corrected chi connectivity index (χ4v) is 5.67. The van der Waals surface area contributed by atoms with Gasteiger partial charge in [0.1, 0.15) is 17.4 Å². The average molecular weight is 450 g/mol. The highest BCUT2D eigenvalue weighted by molar-refractivity contribution is 5.39. The van der Waals surface area contributed by atoms with Gasteiger partial charge < -0.3 is 4.74 Å². The first kappa shape index (κ1) is 22.8. The van der Waals surface area contributed by atoms with Gasteiger partial charge in [0.05, 0.1) is 0 Å². The molecule has 2 aromatic rings. The van der Waals surface area contributed by atoms with Gasteiger partial charge in [-0.3, -0.25) is 0 Å². The van der Waals surface area contributed by atoms with Crippen LogP contribution in [0.3, 0.4) is 0 Å². The molecular formula is C26H27F5O. The van der Waals surface area contributed by atoms with Crippen LogP contribution in [0.5, 0.6) is 5.75 Å². The van der Waals surface area contributed by atoms with Crippen LogP contribution < -0.4 is 4.74 Å². The summed E-state index contributed by atoms with van der Waals surface area (Å²) >= 11 is 0. The van der Waals surface area contributed by atoms with E-state index in [1.54, 1.807) is 12.1 Å². The van der Waals surface area contributed by atoms with E-state index in [0.717, 1.165) is 49.3 Å². The number of benzene rings is 2. The SMILES string of the molecule is CCC/C=C/[C@@H]1CC[C@H]2c3cc(F)cc(F)c3CC[C@@H]2[C@H]1c1ccc(OC(F)(F)F)cc1. The molecular weight excluding hydrogens is 423 g/mol. The molecule has 0 saturated heterocycles. The van der Waals surface area contributed by atoms with Crippen molar-refractivity contribution in [1.29, 1.82) is 0 Å². The quantitative estimate of drug-likeness (QED) is 0.331. The van der Waals surface area contributed by atoms with Crippen molar-refractivity contribution in [3.05, 3.63) is 76.9 Å². The number of unbranched alkanes of at least 4 members (excludes halogenated alkanes) is 1. The Morgan fingerprint density at radius 1 is 1.03 bits per heavy atom. The molecule has 0 unspecified atom stereocenters. The smallest absolute Gasteiger partial charge is 0.406 e. The monoisotopic (exact) mass is 450 g/mol. The maximum atomic E-state index is 14.4. The van der Waals surface area contributed by atoms with E-state index < -0.39 is 18.0 Å². The van der Waals surface area contributed by atoms with Crippen molar-refractivity contribution in [1.82, 2.24) is 0 Å². The third kappa shape index (κ3) is 4.84. The van der Waals surface area contributed by atoms with Gasteiger partial charge in [-0.2, -0.15) is 0 Å². The largest absolute Gasteiger partial charge is 0.573 e. The van der Waals surface area contributed by atoms with E-state index in [2.05, 4.69) is 23.8 Å². The van der Waals surface area contributed by atoms with Gasteiger partial charge in [0.15, 0.2) is 0 Å². The van der Waals surface area contributed by atoms with Crippen LogP contribution in [0.25, 0.3) is 0 Å². The second kappa shape index (κ2) is 9.24. The van der Waals surface area contributed by atoms with E-state index in [9.17, 15) is 22.0 Å². The fourth-order valence-electron chi connectivity index (χ4n) is 5.67. The molecule has 4 atom stereocenters. The number of alkyl halides is 3. The van der Waals surface area contributed by atoms with Crippen molar-refractivity contribution in [2.75, 3.05) is 0 Å². The lowest BCUT2D eigenvalue weighted by Gasteiger charge is -2.46. The topological polar surface area (TPSA) is 9.23 Å². The minimum absolute atomic E-state index is 0.0378. The summed E-state index contributed by atoms with van der Waals surface area (Å²) < 4.78 is 70.2. The summed E-state index contributed by atoms with van der Waals surface area (Å²) in [5.41, 5.74) is 2.32. The van der Waals surface area contributed by atoms with Crippen LogP contribution in [-0.2, 0) is 6.42 Å². The highest BCUT2D eigenvalue weighted by atomic mass is 19.4. The van der Waals surface area contributed by atoms with Crippen molar-refractivity contribution in [2.45, 2.75) is 63.6 Å². The van der Waals surface area contributed by atoms with Gasteiger partial charge in [0, 0.05) is 6.07 Å². The van der Waals surface area contributed by atoms with E-state index in [1.807, 2.05) is 0 Å². The van der Waals surface area contributed by atoms with Gasteiger partial charge >= 0.3 is 6.36 Å². The lowest BCUT2D eigenvalue weighted by molar-refractivity contribution is -0.274. The Kier molecular flexibility index (Phi) is 6.59. The normalized spacial score (nSPS) is 25.4. The first-order valence-electron chi connectivity index (χ1n) is 11.3. The molecule has 2 aliphatic carbocycles. The summed E-state index contributed by atoms with van der Waals surface area (Å²) in [7, 11) is 0. The highest BCUT2D eigenvalue weighted by Crippen LogP contribution is 2.54. The number of rotatable bonds is 5. The predicted molar refractivity (Wildman–Crippen MR) is 114 cm³/mol. The molecule has 0 aromatic heterocycles. The second-order valence-electron chi connectivity index (χ2n) is 8.87. The minimum Gasteiger partial charge on any atom is -0.406 e. The summed E-state index contributed by atoms with van der Waals surface area (Å²) in [5.74, 6) is -0.770. The zero-order chi connectivity index (χ0) is 22.9. The zero-order valence-electron chi connectivity index (χ0n) is 18.0. The van der Waals surface area contributed by atoms with E-state index >= 15 is 0 Å². The molecule has 1 saturated carbocycles. The summed E-state index contributed by atoms with van der Waals surface area (Å²) in [6.07, 6.45) is 4.69. The molecule has 0 radical (unpaired) electrons. The average Bonchev–Trinajstić information content (AvgIpc) is 2.73. The second-order valence-corrected chi connectivity index (χ2v) is 8.87. The number of hydrogen-bond acceptors (Lipinski definition) is 1. The number of fused-ring (bicyclic) bond motifs is 3. The lowest BCUT2D eigenvalue weighted by atomic mass is 9.58.